The lowest BCUT2D eigenvalue weighted by Gasteiger charge is -2.19. The van der Waals surface area contributed by atoms with Crippen LogP contribution in [0.1, 0.15) is 41.5 Å². The molecule has 0 heterocycles. The van der Waals surface area contributed by atoms with E-state index in [4.69, 9.17) is 15.2 Å². The van der Waals surface area contributed by atoms with Gasteiger partial charge in [0.2, 0.25) is 0 Å². The Bertz CT molecular complexity index is 435. The quantitative estimate of drug-likeness (QED) is 0.469. The number of carbonyl (C=O) groups is 4. The Morgan fingerprint density at radius 3 is 1.50 bits per heavy atom. The Morgan fingerprint density at radius 2 is 1.19 bits per heavy atom. The van der Waals surface area contributed by atoms with E-state index in [-0.39, 0.29) is 25.4 Å². The molecule has 0 aromatic rings. The number of nitrogens with two attached hydrogens (primary N) is 1. The third-order valence-electron chi connectivity index (χ3n) is 2.06. The SMILES string of the molecule is CC(C)(C)OC(=O)NCC(=O)CN.COC(=O)CNC(=O)OC(C)(C)C. The van der Waals surface area contributed by atoms with Crippen LogP contribution >= 0.6 is 0 Å². The number of carbonyl (C=O) groups excluding carboxylic acids is 4. The molecule has 0 rings (SSSR count). The number of ether oxygens (including phenoxy) is 3. The number of hydrogen-bond acceptors (Lipinski definition) is 8. The number of nitrogens with one attached hydrogen (secondary N) is 2. The van der Waals surface area contributed by atoms with E-state index in [0.717, 1.165) is 0 Å². The average Bonchev–Trinajstić information content (AvgIpc) is 2.47. The summed E-state index contributed by atoms with van der Waals surface area (Å²) in [7, 11) is 1.25. The van der Waals surface area contributed by atoms with E-state index in [0.29, 0.717) is 0 Å². The standard InChI is InChI=1S/C8H16N2O3.C8H15NO4/c1-8(2,3)13-7(12)10-5-6(11)4-9;1-8(2,3)13-7(11)9-5-6(10)12-4/h4-5,9H2,1-3H3,(H,10,12);5H2,1-4H3,(H,9,11). The van der Waals surface area contributed by atoms with Crippen LogP contribution in [0.2, 0.25) is 0 Å². The molecular weight excluding hydrogens is 346 g/mol. The van der Waals surface area contributed by atoms with Gasteiger partial charge in [-0.1, -0.05) is 0 Å². The van der Waals surface area contributed by atoms with Crippen LogP contribution in [0.3, 0.4) is 0 Å². The number of amides is 2. The highest BCUT2D eigenvalue weighted by molar-refractivity contribution is 5.85. The first-order valence-corrected chi connectivity index (χ1v) is 7.92. The highest BCUT2D eigenvalue weighted by Gasteiger charge is 2.17. The van der Waals surface area contributed by atoms with Crippen LogP contribution in [-0.4, -0.2) is 61.9 Å². The summed E-state index contributed by atoms with van der Waals surface area (Å²) in [4.78, 5) is 43.2. The number of ketones is 1. The molecule has 0 fully saturated rings. The van der Waals surface area contributed by atoms with E-state index in [9.17, 15) is 19.2 Å². The van der Waals surface area contributed by atoms with Crippen molar-refractivity contribution in [1.82, 2.24) is 10.6 Å². The molecule has 26 heavy (non-hydrogen) atoms. The minimum atomic E-state index is -0.627. The first-order valence-electron chi connectivity index (χ1n) is 7.92. The fourth-order valence-corrected chi connectivity index (χ4v) is 1.09. The topological polar surface area (TPSA) is 146 Å². The van der Waals surface area contributed by atoms with Crippen LogP contribution in [0, 0.1) is 0 Å². The molecule has 2 amide bonds. The molecule has 0 unspecified atom stereocenters. The molecular formula is C16H31N3O7. The van der Waals surface area contributed by atoms with Gasteiger partial charge in [0.25, 0.3) is 0 Å². The van der Waals surface area contributed by atoms with Gasteiger partial charge in [-0.15, -0.1) is 0 Å². The first-order chi connectivity index (χ1) is 11.7. The van der Waals surface area contributed by atoms with Crippen molar-refractivity contribution >= 4 is 23.9 Å². The Hall–Kier alpha value is -2.36. The molecule has 0 saturated carbocycles. The smallest absolute Gasteiger partial charge is 0.408 e. The minimum absolute atomic E-state index is 0.0736. The molecule has 4 N–H and O–H groups in total. The van der Waals surface area contributed by atoms with Gasteiger partial charge in [-0.25, -0.2) is 9.59 Å². The zero-order chi connectivity index (χ0) is 21.0. The maximum Gasteiger partial charge on any atom is 0.408 e. The molecule has 0 aliphatic rings. The second-order valence-electron chi connectivity index (χ2n) is 7.03. The maximum atomic E-state index is 11.0. The third-order valence-corrected chi connectivity index (χ3v) is 2.06. The van der Waals surface area contributed by atoms with Crippen LogP contribution in [0.15, 0.2) is 0 Å². The summed E-state index contributed by atoms with van der Waals surface area (Å²) < 4.78 is 14.1. The summed E-state index contributed by atoms with van der Waals surface area (Å²) in [6.45, 7) is 10.1. The van der Waals surface area contributed by atoms with Crippen molar-refractivity contribution in [3.63, 3.8) is 0 Å². The van der Waals surface area contributed by atoms with Crippen LogP contribution in [-0.2, 0) is 23.8 Å². The Labute approximate surface area is 154 Å². The van der Waals surface area contributed by atoms with Crippen molar-refractivity contribution in [2.45, 2.75) is 52.7 Å². The molecule has 0 saturated heterocycles. The molecule has 0 radical (unpaired) electrons. The molecule has 10 nitrogen and oxygen atoms in total. The lowest BCUT2D eigenvalue weighted by molar-refractivity contribution is -0.139. The molecule has 0 bridgehead atoms. The van der Waals surface area contributed by atoms with E-state index >= 15 is 0 Å². The van der Waals surface area contributed by atoms with Crippen molar-refractivity contribution in [3.05, 3.63) is 0 Å². The van der Waals surface area contributed by atoms with E-state index in [2.05, 4.69) is 15.4 Å². The summed E-state index contributed by atoms with van der Waals surface area (Å²) in [5.41, 5.74) is 3.94. The van der Waals surface area contributed by atoms with Gasteiger partial charge in [-0.2, -0.15) is 0 Å². The molecule has 0 aliphatic heterocycles. The van der Waals surface area contributed by atoms with E-state index < -0.39 is 29.4 Å². The van der Waals surface area contributed by atoms with Gasteiger partial charge in [-0.3, -0.25) is 9.59 Å². The number of methoxy groups -OCH3 is 1. The zero-order valence-electron chi connectivity index (χ0n) is 16.6. The third kappa shape index (κ3) is 19.7. The van der Waals surface area contributed by atoms with E-state index in [1.54, 1.807) is 41.5 Å². The average molecular weight is 377 g/mol. The van der Waals surface area contributed by atoms with Crippen LogP contribution in [0.5, 0.6) is 0 Å². The van der Waals surface area contributed by atoms with Crippen LogP contribution in [0.25, 0.3) is 0 Å². The summed E-state index contributed by atoms with van der Waals surface area (Å²) in [5.74, 6) is -0.739. The Kier molecular flexibility index (Phi) is 12.0. The predicted molar refractivity (Wildman–Crippen MR) is 94.6 cm³/mol. The van der Waals surface area contributed by atoms with Gasteiger partial charge >= 0.3 is 18.2 Å². The van der Waals surface area contributed by atoms with Crippen molar-refractivity contribution in [1.29, 1.82) is 0 Å². The monoisotopic (exact) mass is 377 g/mol. The van der Waals surface area contributed by atoms with Gasteiger partial charge in [0.1, 0.15) is 17.7 Å². The van der Waals surface area contributed by atoms with Crippen LogP contribution < -0.4 is 16.4 Å². The summed E-state index contributed by atoms with van der Waals surface area (Å²) in [6.07, 6.45) is -1.23. The van der Waals surface area contributed by atoms with E-state index in [1.165, 1.54) is 7.11 Å². The van der Waals surface area contributed by atoms with Crippen molar-refractivity contribution in [2.24, 2.45) is 5.73 Å². The number of rotatable bonds is 5. The molecule has 0 spiro atoms. The van der Waals surface area contributed by atoms with Crippen molar-refractivity contribution in [3.8, 4) is 0 Å². The fourth-order valence-electron chi connectivity index (χ4n) is 1.09. The maximum absolute atomic E-state index is 11.0. The second kappa shape index (κ2) is 12.1. The lowest BCUT2D eigenvalue weighted by atomic mass is 10.2. The molecule has 0 aliphatic carbocycles. The zero-order valence-corrected chi connectivity index (χ0v) is 16.6. The van der Waals surface area contributed by atoms with Gasteiger partial charge in [0.15, 0.2) is 5.78 Å². The van der Waals surface area contributed by atoms with Gasteiger partial charge < -0.3 is 30.6 Å². The minimum Gasteiger partial charge on any atom is -0.468 e. The Morgan fingerprint density at radius 1 is 0.808 bits per heavy atom. The lowest BCUT2D eigenvalue weighted by Crippen LogP contribution is -2.37. The number of Topliss-reactive ketones (excluding diaryl/α,β-unsaturated/α-hetero) is 1. The number of esters is 1. The van der Waals surface area contributed by atoms with Crippen molar-refractivity contribution in [2.75, 3.05) is 26.7 Å². The molecule has 0 atom stereocenters. The van der Waals surface area contributed by atoms with Gasteiger partial charge in [-0.05, 0) is 41.5 Å². The van der Waals surface area contributed by atoms with E-state index in [1.807, 2.05) is 0 Å². The summed E-state index contributed by atoms with van der Waals surface area (Å²) >= 11 is 0. The summed E-state index contributed by atoms with van der Waals surface area (Å²) in [6, 6.07) is 0. The van der Waals surface area contributed by atoms with Crippen LogP contribution in [0.4, 0.5) is 9.59 Å². The highest BCUT2D eigenvalue weighted by atomic mass is 16.6. The molecule has 10 heteroatoms. The molecule has 0 aromatic carbocycles. The number of alkyl carbamates (subject to hydrolysis) is 2. The number of hydrogen-bond donors (Lipinski definition) is 3. The fraction of sp³-hybridized carbons (Fsp3) is 0.750. The normalized spacial score (nSPS) is 10.6. The van der Waals surface area contributed by atoms with Gasteiger partial charge in [0.05, 0.1) is 20.2 Å². The first kappa shape index (κ1) is 25.9. The highest BCUT2D eigenvalue weighted by Crippen LogP contribution is 2.06. The molecule has 152 valence electrons. The van der Waals surface area contributed by atoms with Crippen molar-refractivity contribution < 1.29 is 33.4 Å². The Balaban J connectivity index is 0. The predicted octanol–water partition coefficient (Wildman–Crippen LogP) is 0.723. The summed E-state index contributed by atoms with van der Waals surface area (Å²) in [5, 5.41) is 4.55. The van der Waals surface area contributed by atoms with Gasteiger partial charge in [0, 0.05) is 0 Å². The molecule has 0 aromatic heterocycles. The largest absolute Gasteiger partial charge is 0.468 e. The second-order valence-corrected chi connectivity index (χ2v) is 7.03.